The van der Waals surface area contributed by atoms with Crippen LogP contribution in [-0.2, 0) is 0 Å². The lowest BCUT2D eigenvalue weighted by Gasteiger charge is -2.14. The Morgan fingerprint density at radius 3 is 2.00 bits per heavy atom. The van der Waals surface area contributed by atoms with E-state index in [1.54, 1.807) is 0 Å². The summed E-state index contributed by atoms with van der Waals surface area (Å²) in [5.74, 6) is 0. The fourth-order valence-electron chi connectivity index (χ4n) is 1.85. The maximum absolute atomic E-state index is 2.34. The third-order valence-corrected chi connectivity index (χ3v) is 2.72. The number of likely N-dealkylation sites (N-methyl/N-ethyl adjacent to an activating group) is 1. The molecule has 1 nitrogen and oxygen atoms in total. The van der Waals surface area contributed by atoms with Crippen molar-refractivity contribution in [1.82, 2.24) is 4.90 Å². The number of rotatable bonds is 0. The van der Waals surface area contributed by atoms with E-state index in [2.05, 4.69) is 50.1 Å². The summed E-state index contributed by atoms with van der Waals surface area (Å²) in [5, 5.41) is 0. The van der Waals surface area contributed by atoms with Crippen molar-refractivity contribution < 1.29 is 0 Å². The molecule has 1 aliphatic carbocycles. The largest absolute Gasteiger partial charge is 0.298 e. The fraction of sp³-hybridized carbons (Fsp3) is 0.500. The predicted molar refractivity (Wildman–Crippen MR) is 56.6 cm³/mol. The van der Waals surface area contributed by atoms with Gasteiger partial charge in [-0.1, -0.05) is 38.2 Å². The molecule has 0 aromatic rings. The van der Waals surface area contributed by atoms with Crippen molar-refractivity contribution in [2.45, 2.75) is 13.8 Å². The van der Waals surface area contributed by atoms with Gasteiger partial charge in [0.1, 0.15) is 0 Å². The molecule has 0 saturated heterocycles. The third kappa shape index (κ3) is 1.75. The van der Waals surface area contributed by atoms with E-state index in [1.807, 2.05) is 0 Å². The van der Waals surface area contributed by atoms with Gasteiger partial charge in [0.05, 0.1) is 0 Å². The summed E-state index contributed by atoms with van der Waals surface area (Å²) >= 11 is 0. The smallest absolute Gasteiger partial charge is 0.0237 e. The molecular formula is C12H17N. The topological polar surface area (TPSA) is 3.24 Å². The summed E-state index contributed by atoms with van der Waals surface area (Å²) in [4.78, 5) is 2.34. The van der Waals surface area contributed by atoms with Crippen LogP contribution in [0.2, 0.25) is 0 Å². The second-order valence-corrected chi connectivity index (χ2v) is 4.71. The van der Waals surface area contributed by atoms with Crippen molar-refractivity contribution in [2.24, 2.45) is 5.41 Å². The molecule has 13 heavy (non-hydrogen) atoms. The van der Waals surface area contributed by atoms with E-state index in [0.29, 0.717) is 0 Å². The van der Waals surface area contributed by atoms with E-state index in [1.165, 1.54) is 11.1 Å². The average Bonchev–Trinajstić information content (AvgIpc) is 2.34. The summed E-state index contributed by atoms with van der Waals surface area (Å²) in [6.45, 7) is 6.69. The quantitative estimate of drug-likeness (QED) is 0.546. The van der Waals surface area contributed by atoms with Crippen molar-refractivity contribution in [2.75, 3.05) is 20.1 Å². The van der Waals surface area contributed by atoms with Gasteiger partial charge in [-0.05, 0) is 18.2 Å². The summed E-state index contributed by atoms with van der Waals surface area (Å²) < 4.78 is 0. The average molecular weight is 175 g/mol. The Balaban J connectivity index is 2.29. The molecule has 1 heteroatoms. The van der Waals surface area contributed by atoms with E-state index in [4.69, 9.17) is 0 Å². The molecule has 0 unspecified atom stereocenters. The highest BCUT2D eigenvalue weighted by atomic mass is 15.1. The monoisotopic (exact) mass is 175 g/mol. The van der Waals surface area contributed by atoms with Crippen molar-refractivity contribution in [3.63, 3.8) is 0 Å². The van der Waals surface area contributed by atoms with Crippen molar-refractivity contribution in [3.8, 4) is 0 Å². The van der Waals surface area contributed by atoms with Gasteiger partial charge in [0, 0.05) is 18.5 Å². The molecule has 2 rings (SSSR count). The molecule has 1 heterocycles. The standard InChI is InChI=1S/C12H17N/c1-12(2)6-4-10-8-13(3)9-11(10)5-7-12/h4-7H,8-9H2,1-3H3. The zero-order valence-electron chi connectivity index (χ0n) is 8.67. The van der Waals surface area contributed by atoms with Crippen molar-refractivity contribution in [1.29, 1.82) is 0 Å². The van der Waals surface area contributed by atoms with Crippen LogP contribution in [0.15, 0.2) is 35.5 Å². The van der Waals surface area contributed by atoms with Gasteiger partial charge in [0.15, 0.2) is 0 Å². The van der Waals surface area contributed by atoms with Crippen molar-refractivity contribution >= 4 is 0 Å². The highest BCUT2D eigenvalue weighted by molar-refractivity contribution is 5.42. The molecule has 2 aliphatic rings. The first-order chi connectivity index (χ1) is 6.07. The van der Waals surface area contributed by atoms with Gasteiger partial charge in [0.25, 0.3) is 0 Å². The zero-order chi connectivity index (χ0) is 9.47. The Bertz CT molecular complexity index is 277. The molecule has 0 aromatic carbocycles. The highest BCUT2D eigenvalue weighted by Crippen LogP contribution is 2.28. The maximum Gasteiger partial charge on any atom is 0.0237 e. The summed E-state index contributed by atoms with van der Waals surface area (Å²) in [6.07, 6.45) is 9.17. The molecule has 0 amide bonds. The van der Waals surface area contributed by atoms with E-state index >= 15 is 0 Å². The predicted octanol–water partition coefficient (Wildman–Crippen LogP) is 2.38. The van der Waals surface area contributed by atoms with Gasteiger partial charge in [-0.3, -0.25) is 4.90 Å². The molecule has 0 aromatic heterocycles. The second-order valence-electron chi connectivity index (χ2n) is 4.71. The molecule has 0 atom stereocenters. The summed E-state index contributed by atoms with van der Waals surface area (Å²) in [5.41, 5.74) is 3.21. The first-order valence-electron chi connectivity index (χ1n) is 4.86. The Morgan fingerprint density at radius 2 is 1.54 bits per heavy atom. The van der Waals surface area contributed by atoms with E-state index in [9.17, 15) is 0 Å². The van der Waals surface area contributed by atoms with Crippen LogP contribution in [0.4, 0.5) is 0 Å². The lowest BCUT2D eigenvalue weighted by atomic mass is 9.93. The van der Waals surface area contributed by atoms with Gasteiger partial charge in [-0.2, -0.15) is 0 Å². The molecule has 1 aliphatic heterocycles. The zero-order valence-corrected chi connectivity index (χ0v) is 8.67. The molecule has 0 radical (unpaired) electrons. The molecule has 0 spiro atoms. The summed E-state index contributed by atoms with van der Waals surface area (Å²) in [7, 11) is 2.17. The van der Waals surface area contributed by atoms with E-state index in [0.717, 1.165) is 13.1 Å². The minimum atomic E-state index is 0.225. The number of allylic oxidation sites excluding steroid dienone is 2. The van der Waals surface area contributed by atoms with E-state index < -0.39 is 0 Å². The fourth-order valence-corrected chi connectivity index (χ4v) is 1.85. The van der Waals surface area contributed by atoms with E-state index in [-0.39, 0.29) is 5.41 Å². The van der Waals surface area contributed by atoms with Gasteiger partial charge < -0.3 is 0 Å². The maximum atomic E-state index is 2.34. The normalized spacial score (nSPS) is 26.4. The first kappa shape index (κ1) is 8.76. The molecule has 0 fully saturated rings. The van der Waals surface area contributed by atoms with Crippen molar-refractivity contribution in [3.05, 3.63) is 35.5 Å². The first-order valence-corrected chi connectivity index (χ1v) is 4.86. The molecular weight excluding hydrogens is 158 g/mol. The lowest BCUT2D eigenvalue weighted by Crippen LogP contribution is -2.14. The van der Waals surface area contributed by atoms with Crippen LogP contribution in [0.5, 0.6) is 0 Å². The second kappa shape index (κ2) is 2.85. The van der Waals surface area contributed by atoms with Crippen LogP contribution < -0.4 is 0 Å². The third-order valence-electron chi connectivity index (χ3n) is 2.72. The van der Waals surface area contributed by atoms with Gasteiger partial charge in [-0.15, -0.1) is 0 Å². The summed E-state index contributed by atoms with van der Waals surface area (Å²) in [6, 6.07) is 0. The SMILES string of the molecule is CN1CC2=C(C=CC(C)(C)C=C2)C1. The minimum absolute atomic E-state index is 0.225. The highest BCUT2D eigenvalue weighted by Gasteiger charge is 2.19. The Kier molecular flexibility index (Phi) is 1.92. The Hall–Kier alpha value is -0.820. The van der Waals surface area contributed by atoms with Crippen LogP contribution in [0.3, 0.4) is 0 Å². The van der Waals surface area contributed by atoms with Gasteiger partial charge in [0.2, 0.25) is 0 Å². The van der Waals surface area contributed by atoms with Crippen LogP contribution in [-0.4, -0.2) is 25.0 Å². The number of nitrogens with zero attached hydrogens (tertiary/aromatic N) is 1. The van der Waals surface area contributed by atoms with Crippen LogP contribution in [0.25, 0.3) is 0 Å². The Morgan fingerprint density at radius 1 is 1.08 bits per heavy atom. The van der Waals surface area contributed by atoms with Gasteiger partial charge in [-0.25, -0.2) is 0 Å². The molecule has 70 valence electrons. The number of hydrogen-bond acceptors (Lipinski definition) is 1. The molecule has 0 N–H and O–H groups in total. The van der Waals surface area contributed by atoms with Gasteiger partial charge >= 0.3 is 0 Å². The minimum Gasteiger partial charge on any atom is -0.298 e. The Labute approximate surface area is 80.4 Å². The lowest BCUT2D eigenvalue weighted by molar-refractivity contribution is 0.427. The van der Waals surface area contributed by atoms with Crippen LogP contribution in [0.1, 0.15) is 13.8 Å². The van der Waals surface area contributed by atoms with Crippen LogP contribution >= 0.6 is 0 Å². The van der Waals surface area contributed by atoms with Crippen LogP contribution in [0, 0.1) is 5.41 Å². The number of hydrogen-bond donors (Lipinski definition) is 0. The molecule has 0 saturated carbocycles. The molecule has 0 bridgehead atoms.